The lowest BCUT2D eigenvalue weighted by Crippen LogP contribution is -2.25. The minimum atomic E-state index is -0.463. The smallest absolute Gasteiger partial charge is 0.307 e. The van der Waals surface area contributed by atoms with Crippen molar-refractivity contribution in [2.45, 2.75) is 13.8 Å². The van der Waals surface area contributed by atoms with Crippen LogP contribution in [0.15, 0.2) is 89.7 Å². The van der Waals surface area contributed by atoms with Gasteiger partial charge in [0.15, 0.2) is 0 Å². The number of carbonyl (C=O) groups excluding carboxylic acids is 1. The molecule has 0 atom stereocenters. The van der Waals surface area contributed by atoms with Crippen molar-refractivity contribution in [1.82, 2.24) is 9.36 Å². The van der Waals surface area contributed by atoms with E-state index in [4.69, 9.17) is 0 Å². The van der Waals surface area contributed by atoms with Crippen LogP contribution in [0, 0.1) is 13.8 Å². The Morgan fingerprint density at radius 1 is 0.700 bits per heavy atom. The second-order valence-corrected chi connectivity index (χ2v) is 6.95. The van der Waals surface area contributed by atoms with Gasteiger partial charge >= 0.3 is 6.03 Å². The number of nitrogens with one attached hydrogen (secondary N) is 2. The van der Waals surface area contributed by atoms with Crippen LogP contribution in [-0.4, -0.2) is 15.4 Å². The lowest BCUT2D eigenvalue weighted by molar-refractivity contribution is 0.262. The van der Waals surface area contributed by atoms with Gasteiger partial charge in [0, 0.05) is 5.69 Å². The standard InChI is InChI=1S/C24H22N4O2/c1-17-11-9-10-16-21(17)25-24(30)26-22-18(2)27(19-12-5-3-6-13-19)28(23(22)29)20-14-7-4-8-15-20/h3-16H,1-2H3,(H2,25,26,30). The summed E-state index contributed by atoms with van der Waals surface area (Å²) in [5.41, 5.74) is 3.72. The van der Waals surface area contributed by atoms with E-state index in [1.807, 2.05) is 98.8 Å². The number of hydrogen-bond donors (Lipinski definition) is 2. The lowest BCUT2D eigenvalue weighted by atomic mass is 10.2. The summed E-state index contributed by atoms with van der Waals surface area (Å²) in [7, 11) is 0. The molecule has 2 amide bonds. The molecule has 0 saturated carbocycles. The molecule has 3 aromatic carbocycles. The molecule has 1 aromatic heterocycles. The van der Waals surface area contributed by atoms with Crippen LogP contribution in [0.1, 0.15) is 11.3 Å². The SMILES string of the molecule is Cc1ccccc1NC(=O)Nc1c(C)n(-c2ccccc2)n(-c2ccccc2)c1=O. The third-order valence-electron chi connectivity index (χ3n) is 4.92. The van der Waals surface area contributed by atoms with E-state index in [0.29, 0.717) is 17.1 Å². The highest BCUT2D eigenvalue weighted by molar-refractivity contribution is 6.00. The van der Waals surface area contributed by atoms with Gasteiger partial charge in [-0.1, -0.05) is 54.6 Å². The normalized spacial score (nSPS) is 10.6. The molecule has 0 aliphatic carbocycles. The van der Waals surface area contributed by atoms with Gasteiger partial charge in [-0.3, -0.25) is 4.79 Å². The molecule has 0 saturated heterocycles. The number of nitrogens with zero attached hydrogens (tertiary/aromatic N) is 2. The molecule has 0 aliphatic heterocycles. The Kier molecular flexibility index (Phi) is 5.22. The molecule has 0 radical (unpaired) electrons. The van der Waals surface area contributed by atoms with Crippen LogP contribution >= 0.6 is 0 Å². The van der Waals surface area contributed by atoms with E-state index in [-0.39, 0.29) is 11.2 Å². The molecule has 0 unspecified atom stereocenters. The maximum Gasteiger partial charge on any atom is 0.323 e. The number of benzene rings is 3. The van der Waals surface area contributed by atoms with Gasteiger partial charge in [0.2, 0.25) is 0 Å². The lowest BCUT2D eigenvalue weighted by Gasteiger charge is -2.13. The zero-order valence-corrected chi connectivity index (χ0v) is 16.8. The Bertz CT molecular complexity index is 1240. The van der Waals surface area contributed by atoms with Gasteiger partial charge in [0.25, 0.3) is 5.56 Å². The Morgan fingerprint density at radius 2 is 1.23 bits per heavy atom. The predicted octanol–water partition coefficient (Wildman–Crippen LogP) is 4.89. The fourth-order valence-electron chi connectivity index (χ4n) is 3.41. The second kappa shape index (κ2) is 8.13. The number of aryl methyl sites for hydroxylation is 1. The molecule has 4 rings (SSSR count). The molecule has 6 nitrogen and oxygen atoms in total. The number of aromatic nitrogens is 2. The maximum atomic E-state index is 13.3. The fourth-order valence-corrected chi connectivity index (χ4v) is 3.41. The molecular formula is C24H22N4O2. The summed E-state index contributed by atoms with van der Waals surface area (Å²) in [5.74, 6) is 0. The third-order valence-corrected chi connectivity index (χ3v) is 4.92. The monoisotopic (exact) mass is 398 g/mol. The van der Waals surface area contributed by atoms with Gasteiger partial charge in [-0.25, -0.2) is 14.2 Å². The van der Waals surface area contributed by atoms with E-state index in [9.17, 15) is 9.59 Å². The van der Waals surface area contributed by atoms with Gasteiger partial charge in [-0.2, -0.15) is 0 Å². The molecule has 6 heteroatoms. The van der Waals surface area contributed by atoms with Crippen LogP contribution in [0.5, 0.6) is 0 Å². The van der Waals surface area contributed by atoms with Crippen molar-refractivity contribution >= 4 is 17.4 Å². The fraction of sp³-hybridized carbons (Fsp3) is 0.0833. The first-order valence-electron chi connectivity index (χ1n) is 9.65. The molecule has 0 spiro atoms. The Hall–Kier alpha value is -4.06. The average molecular weight is 398 g/mol. The Balaban J connectivity index is 1.78. The third kappa shape index (κ3) is 3.63. The van der Waals surface area contributed by atoms with Crippen molar-refractivity contribution in [2.24, 2.45) is 0 Å². The molecule has 0 aliphatic rings. The highest BCUT2D eigenvalue weighted by atomic mass is 16.2. The van der Waals surface area contributed by atoms with Gasteiger partial charge in [-0.15, -0.1) is 0 Å². The van der Waals surface area contributed by atoms with Crippen LogP contribution < -0.4 is 16.2 Å². The molecule has 0 fully saturated rings. The minimum Gasteiger partial charge on any atom is -0.307 e. The zero-order valence-electron chi connectivity index (χ0n) is 16.8. The molecule has 1 heterocycles. The molecular weight excluding hydrogens is 376 g/mol. The molecule has 150 valence electrons. The first kappa shape index (κ1) is 19.3. The van der Waals surface area contributed by atoms with E-state index >= 15 is 0 Å². The van der Waals surface area contributed by atoms with Crippen LogP contribution in [-0.2, 0) is 0 Å². The highest BCUT2D eigenvalue weighted by Gasteiger charge is 2.21. The van der Waals surface area contributed by atoms with E-state index in [1.165, 1.54) is 0 Å². The van der Waals surface area contributed by atoms with E-state index in [0.717, 1.165) is 11.3 Å². The first-order valence-corrected chi connectivity index (χ1v) is 9.65. The number of amides is 2. The van der Waals surface area contributed by atoms with Crippen molar-refractivity contribution < 1.29 is 4.79 Å². The highest BCUT2D eigenvalue weighted by Crippen LogP contribution is 2.21. The topological polar surface area (TPSA) is 68.1 Å². The van der Waals surface area contributed by atoms with Crippen LogP contribution in [0.4, 0.5) is 16.2 Å². The minimum absolute atomic E-state index is 0.230. The summed E-state index contributed by atoms with van der Waals surface area (Å²) in [6.45, 7) is 3.73. The van der Waals surface area contributed by atoms with E-state index in [2.05, 4.69) is 10.6 Å². The summed E-state index contributed by atoms with van der Waals surface area (Å²) < 4.78 is 3.37. The number of urea groups is 1. The number of anilines is 2. The van der Waals surface area contributed by atoms with Gasteiger partial charge in [0.1, 0.15) is 5.69 Å². The van der Waals surface area contributed by atoms with Crippen LogP contribution in [0.2, 0.25) is 0 Å². The molecule has 30 heavy (non-hydrogen) atoms. The Labute approximate surface area is 174 Å². The number of rotatable bonds is 4. The largest absolute Gasteiger partial charge is 0.323 e. The van der Waals surface area contributed by atoms with Gasteiger partial charge in [0.05, 0.1) is 17.1 Å². The molecule has 2 N–H and O–H groups in total. The van der Waals surface area contributed by atoms with Gasteiger partial charge < -0.3 is 10.6 Å². The number of hydrogen-bond acceptors (Lipinski definition) is 2. The number of para-hydroxylation sites is 3. The van der Waals surface area contributed by atoms with E-state index < -0.39 is 6.03 Å². The summed E-state index contributed by atoms with van der Waals surface area (Å²) in [6, 6.07) is 26.0. The van der Waals surface area contributed by atoms with Crippen molar-refractivity contribution in [3.05, 3.63) is 107 Å². The maximum absolute atomic E-state index is 13.3. The van der Waals surface area contributed by atoms with Crippen LogP contribution in [0.3, 0.4) is 0 Å². The van der Waals surface area contributed by atoms with Crippen molar-refractivity contribution in [2.75, 3.05) is 10.6 Å². The average Bonchev–Trinajstić information content (AvgIpc) is 3.01. The second-order valence-electron chi connectivity index (χ2n) is 6.95. The van der Waals surface area contributed by atoms with Crippen molar-refractivity contribution in [3.63, 3.8) is 0 Å². The van der Waals surface area contributed by atoms with Crippen molar-refractivity contribution in [1.29, 1.82) is 0 Å². The summed E-state index contributed by atoms with van der Waals surface area (Å²) in [4.78, 5) is 26.0. The summed E-state index contributed by atoms with van der Waals surface area (Å²) >= 11 is 0. The first-order chi connectivity index (χ1) is 14.6. The van der Waals surface area contributed by atoms with E-state index in [1.54, 1.807) is 9.36 Å². The predicted molar refractivity (Wildman–Crippen MR) is 120 cm³/mol. The Morgan fingerprint density at radius 3 is 1.83 bits per heavy atom. The summed E-state index contributed by atoms with van der Waals surface area (Å²) in [6.07, 6.45) is 0. The number of carbonyl (C=O) groups is 1. The summed E-state index contributed by atoms with van der Waals surface area (Å²) in [5, 5.41) is 5.56. The molecule has 4 aromatic rings. The van der Waals surface area contributed by atoms with Gasteiger partial charge in [-0.05, 0) is 49.7 Å². The van der Waals surface area contributed by atoms with Crippen LogP contribution in [0.25, 0.3) is 11.4 Å². The molecule has 0 bridgehead atoms. The zero-order chi connectivity index (χ0) is 21.1. The van der Waals surface area contributed by atoms with Crippen molar-refractivity contribution in [3.8, 4) is 11.4 Å². The quantitative estimate of drug-likeness (QED) is 0.514.